The number of hydrogen-bond acceptors (Lipinski definition) is 6. The first-order valence-corrected chi connectivity index (χ1v) is 13.4. The number of nitrogens with zero attached hydrogens (tertiary/aromatic N) is 4. The molecule has 210 valence electrons. The predicted molar refractivity (Wildman–Crippen MR) is 149 cm³/mol. The molecule has 2 aromatic rings. The number of likely N-dealkylation sites (N-methyl/N-ethyl adjacent to an activating group) is 1. The summed E-state index contributed by atoms with van der Waals surface area (Å²) in [6.07, 6.45) is 4.66. The number of aromatic amines is 1. The van der Waals surface area contributed by atoms with Crippen LogP contribution in [0.3, 0.4) is 0 Å². The lowest BCUT2D eigenvalue weighted by atomic mass is 9.98. The molecule has 11 heteroatoms. The molecule has 1 saturated heterocycles. The van der Waals surface area contributed by atoms with Crippen LogP contribution < -0.4 is 16.1 Å². The number of aromatic nitrogens is 2. The van der Waals surface area contributed by atoms with Gasteiger partial charge in [-0.15, -0.1) is 0 Å². The zero-order valence-corrected chi connectivity index (χ0v) is 23.5. The highest BCUT2D eigenvalue weighted by Crippen LogP contribution is 2.40. The number of piperidine rings is 1. The molecule has 4 rings (SSSR count). The van der Waals surface area contributed by atoms with Crippen LogP contribution in [0.15, 0.2) is 42.5 Å². The normalized spacial score (nSPS) is 19.6. The Labute approximate surface area is 230 Å². The molecule has 2 atom stereocenters. The first kappa shape index (κ1) is 28.3. The Balaban J connectivity index is 1.43. The van der Waals surface area contributed by atoms with E-state index in [-0.39, 0.29) is 29.8 Å². The lowest BCUT2D eigenvalue weighted by Gasteiger charge is -2.34. The van der Waals surface area contributed by atoms with E-state index in [1.165, 1.54) is 6.08 Å². The second kappa shape index (κ2) is 12.0. The van der Waals surface area contributed by atoms with Gasteiger partial charge in [-0.05, 0) is 59.3 Å². The number of rotatable bonds is 8. The van der Waals surface area contributed by atoms with E-state index in [2.05, 4.69) is 26.3 Å². The zero-order chi connectivity index (χ0) is 28.2. The van der Waals surface area contributed by atoms with Gasteiger partial charge >= 0.3 is 6.03 Å². The molecule has 4 amide bonds. The van der Waals surface area contributed by atoms with Crippen LogP contribution in [0.25, 0.3) is 0 Å². The Hall–Kier alpha value is -3.70. The molecule has 1 fully saturated rings. The molecule has 39 heavy (non-hydrogen) atoms. The second-order valence-electron chi connectivity index (χ2n) is 11.0. The lowest BCUT2D eigenvalue weighted by molar-refractivity contribution is -0.126. The van der Waals surface area contributed by atoms with Crippen LogP contribution in [-0.2, 0) is 21.7 Å². The van der Waals surface area contributed by atoms with E-state index in [4.69, 9.17) is 0 Å². The summed E-state index contributed by atoms with van der Waals surface area (Å²) in [4.78, 5) is 42.5. The molecule has 0 unspecified atom stereocenters. The molecule has 3 heterocycles. The van der Waals surface area contributed by atoms with Crippen molar-refractivity contribution in [3.8, 4) is 0 Å². The first-order chi connectivity index (χ1) is 18.6. The van der Waals surface area contributed by atoms with E-state index in [0.717, 1.165) is 29.7 Å². The summed E-state index contributed by atoms with van der Waals surface area (Å²) < 4.78 is 0. The minimum Gasteiger partial charge on any atom is -0.330 e. The topological polar surface area (TPSA) is 126 Å². The van der Waals surface area contributed by atoms with Crippen molar-refractivity contribution in [2.75, 3.05) is 39.0 Å². The minimum atomic E-state index is -0.645. The highest BCUT2D eigenvalue weighted by molar-refractivity contribution is 5.93. The number of urea groups is 1. The van der Waals surface area contributed by atoms with Crippen molar-refractivity contribution in [1.82, 2.24) is 35.7 Å². The fourth-order valence-electron chi connectivity index (χ4n) is 5.31. The van der Waals surface area contributed by atoms with Crippen LogP contribution >= 0.6 is 0 Å². The van der Waals surface area contributed by atoms with Gasteiger partial charge < -0.3 is 20.4 Å². The summed E-state index contributed by atoms with van der Waals surface area (Å²) >= 11 is 0. The van der Waals surface area contributed by atoms with Crippen LogP contribution in [0.5, 0.6) is 0 Å². The smallest absolute Gasteiger partial charge is 0.319 e. The van der Waals surface area contributed by atoms with Gasteiger partial charge in [0.1, 0.15) is 0 Å². The fourth-order valence-corrected chi connectivity index (χ4v) is 5.31. The number of carbonyl (C=O) groups excluding carboxylic acids is 3. The molecule has 4 N–H and O–H groups in total. The summed E-state index contributed by atoms with van der Waals surface area (Å²) in [7, 11) is 3.96. The van der Waals surface area contributed by atoms with E-state index in [1.54, 1.807) is 22.9 Å². The molecule has 2 aliphatic rings. The Kier molecular flexibility index (Phi) is 8.71. The average Bonchev–Trinajstić information content (AvgIpc) is 3.41. The van der Waals surface area contributed by atoms with Crippen molar-refractivity contribution in [1.29, 1.82) is 0 Å². The maximum absolute atomic E-state index is 13.6. The van der Waals surface area contributed by atoms with Crippen molar-refractivity contribution in [3.63, 3.8) is 0 Å². The average molecular weight is 537 g/mol. The van der Waals surface area contributed by atoms with Crippen molar-refractivity contribution >= 4 is 23.7 Å². The van der Waals surface area contributed by atoms with Gasteiger partial charge in [-0.1, -0.05) is 36.4 Å². The number of carbonyl (C=O) groups is 3. The van der Waals surface area contributed by atoms with Crippen molar-refractivity contribution in [2.24, 2.45) is 5.92 Å². The Morgan fingerprint density at radius 2 is 1.97 bits per heavy atom. The van der Waals surface area contributed by atoms with E-state index in [0.29, 0.717) is 32.0 Å². The number of H-pyrrole nitrogens is 1. The van der Waals surface area contributed by atoms with Gasteiger partial charge in [0.25, 0.3) is 5.91 Å². The molecule has 0 aliphatic carbocycles. The minimum absolute atomic E-state index is 0.148. The summed E-state index contributed by atoms with van der Waals surface area (Å²) in [5.41, 5.74) is 4.83. The maximum Gasteiger partial charge on any atom is 0.319 e. The van der Waals surface area contributed by atoms with Gasteiger partial charge in [0.15, 0.2) is 5.82 Å². The number of fused-ring (bicyclic) bond motifs is 1. The molecular formula is C28H40N8O3. The highest BCUT2D eigenvalue weighted by Gasteiger charge is 2.44. The van der Waals surface area contributed by atoms with E-state index < -0.39 is 5.54 Å². The van der Waals surface area contributed by atoms with Gasteiger partial charge in [0.05, 0.1) is 29.7 Å². The molecule has 2 aliphatic heterocycles. The molecule has 1 aromatic heterocycles. The third-order valence-electron chi connectivity index (χ3n) is 7.38. The number of nitrogens with one attached hydrogen (secondary N) is 4. The number of amides is 4. The second-order valence-corrected chi connectivity index (χ2v) is 11.0. The standard InChI is InChI=1S/C28H40N8O3/c1-6-11-23(37)33-35-15-10-14-20(16-35)26(38)30-25-21-17-36(28(2,3)24(21)31-32-25)27(39)29-22(18-34(4)5)19-12-8-7-9-13-19/h6-9,11-13,20,22H,10,14-18H2,1-5H3,(H,29,39)(H,33,37)(H2,30,31,32,38)/b11-6+/t20-,22-/m1/s1. The fraction of sp³-hybridized carbons (Fsp3) is 0.500. The van der Waals surface area contributed by atoms with E-state index >= 15 is 0 Å². The molecule has 0 saturated carbocycles. The molecule has 0 radical (unpaired) electrons. The van der Waals surface area contributed by atoms with Gasteiger partial charge in [-0.2, -0.15) is 5.10 Å². The summed E-state index contributed by atoms with van der Waals surface area (Å²) in [5, 5.41) is 15.4. The highest BCUT2D eigenvalue weighted by atomic mass is 16.2. The molecule has 0 spiro atoms. The largest absolute Gasteiger partial charge is 0.330 e. The third-order valence-corrected chi connectivity index (χ3v) is 7.38. The quantitative estimate of drug-likeness (QED) is 0.385. The number of benzene rings is 1. The summed E-state index contributed by atoms with van der Waals surface area (Å²) in [5.74, 6) is -0.195. The first-order valence-electron chi connectivity index (χ1n) is 13.4. The SMILES string of the molecule is C/C=C/C(=O)NN1CCC[C@@H](C(=O)Nc2n[nH]c3c2CN(C(=O)N[C@H](CN(C)C)c2ccccc2)C3(C)C)C1. The number of anilines is 1. The van der Waals surface area contributed by atoms with Crippen molar-refractivity contribution in [2.45, 2.75) is 51.7 Å². The van der Waals surface area contributed by atoms with Gasteiger partial charge in [0, 0.05) is 25.2 Å². The Bertz CT molecular complexity index is 1210. The van der Waals surface area contributed by atoms with Crippen molar-refractivity contribution < 1.29 is 14.4 Å². The van der Waals surface area contributed by atoms with Crippen LogP contribution in [0.4, 0.5) is 10.6 Å². The van der Waals surface area contributed by atoms with Crippen LogP contribution in [0.1, 0.15) is 56.5 Å². The summed E-state index contributed by atoms with van der Waals surface area (Å²) in [6, 6.07) is 9.57. The molecule has 11 nitrogen and oxygen atoms in total. The molecular weight excluding hydrogens is 496 g/mol. The van der Waals surface area contributed by atoms with Gasteiger partial charge in [0.2, 0.25) is 5.91 Å². The predicted octanol–water partition coefficient (Wildman–Crippen LogP) is 2.73. The van der Waals surface area contributed by atoms with Crippen LogP contribution in [0, 0.1) is 5.92 Å². The summed E-state index contributed by atoms with van der Waals surface area (Å²) in [6.45, 7) is 7.82. The number of allylic oxidation sites excluding steroid dienone is 1. The number of hydrogen-bond donors (Lipinski definition) is 4. The number of hydrazine groups is 1. The lowest BCUT2D eigenvalue weighted by Crippen LogP contribution is -2.49. The van der Waals surface area contributed by atoms with Crippen LogP contribution in [0.2, 0.25) is 0 Å². The van der Waals surface area contributed by atoms with Gasteiger partial charge in [-0.25, -0.2) is 9.80 Å². The Morgan fingerprint density at radius 3 is 2.67 bits per heavy atom. The maximum atomic E-state index is 13.6. The third kappa shape index (κ3) is 6.48. The van der Waals surface area contributed by atoms with E-state index in [9.17, 15) is 14.4 Å². The van der Waals surface area contributed by atoms with E-state index in [1.807, 2.05) is 63.2 Å². The molecule has 1 aromatic carbocycles. The zero-order valence-electron chi connectivity index (χ0n) is 23.5. The Morgan fingerprint density at radius 1 is 1.23 bits per heavy atom. The monoisotopic (exact) mass is 536 g/mol. The van der Waals surface area contributed by atoms with Crippen molar-refractivity contribution in [3.05, 3.63) is 59.3 Å². The van der Waals surface area contributed by atoms with Crippen LogP contribution in [-0.4, -0.2) is 76.6 Å². The van der Waals surface area contributed by atoms with Gasteiger partial charge in [-0.3, -0.25) is 20.1 Å². The molecule has 0 bridgehead atoms.